The third-order valence-corrected chi connectivity index (χ3v) is 5.23. The lowest BCUT2D eigenvalue weighted by molar-refractivity contribution is 0.199. The van der Waals surface area contributed by atoms with Crippen LogP contribution in [0, 0.1) is 5.41 Å². The third-order valence-electron chi connectivity index (χ3n) is 4.04. The SMILES string of the molecule is CN(CC1CCCN1C)CC1(CBr)CC1. The van der Waals surface area contributed by atoms with Crippen LogP contribution >= 0.6 is 15.9 Å². The first-order valence-electron chi connectivity index (χ1n) is 6.10. The molecule has 1 saturated heterocycles. The second kappa shape index (κ2) is 4.72. The summed E-state index contributed by atoms with van der Waals surface area (Å²) in [5.74, 6) is 0. The zero-order valence-corrected chi connectivity index (χ0v) is 11.6. The zero-order chi connectivity index (χ0) is 10.9. The van der Waals surface area contributed by atoms with Crippen molar-refractivity contribution in [3.8, 4) is 0 Å². The molecule has 0 bridgehead atoms. The summed E-state index contributed by atoms with van der Waals surface area (Å²) in [6, 6.07) is 0.807. The van der Waals surface area contributed by atoms with Gasteiger partial charge in [-0.15, -0.1) is 0 Å². The Morgan fingerprint density at radius 2 is 2.20 bits per heavy atom. The molecular weight excluding hydrogens is 252 g/mol. The van der Waals surface area contributed by atoms with Gasteiger partial charge < -0.3 is 9.80 Å². The summed E-state index contributed by atoms with van der Waals surface area (Å²) in [5.41, 5.74) is 0.631. The topological polar surface area (TPSA) is 6.48 Å². The van der Waals surface area contributed by atoms with Crippen molar-refractivity contribution < 1.29 is 0 Å². The molecule has 0 aromatic carbocycles. The molecule has 1 heterocycles. The molecule has 88 valence electrons. The molecule has 1 saturated carbocycles. The van der Waals surface area contributed by atoms with Crippen molar-refractivity contribution in [3.05, 3.63) is 0 Å². The van der Waals surface area contributed by atoms with Crippen molar-refractivity contribution in [2.24, 2.45) is 5.41 Å². The zero-order valence-electron chi connectivity index (χ0n) is 10.0. The van der Waals surface area contributed by atoms with Crippen LogP contribution in [0.25, 0.3) is 0 Å². The Labute approximate surface area is 102 Å². The molecule has 15 heavy (non-hydrogen) atoms. The van der Waals surface area contributed by atoms with Gasteiger partial charge in [-0.05, 0) is 51.7 Å². The average Bonchev–Trinajstić information content (AvgIpc) is 2.86. The molecule has 0 N–H and O–H groups in total. The predicted octanol–water partition coefficient (Wildman–Crippen LogP) is 2.19. The van der Waals surface area contributed by atoms with E-state index in [4.69, 9.17) is 0 Å². The number of hydrogen-bond acceptors (Lipinski definition) is 2. The molecule has 1 unspecified atom stereocenters. The number of nitrogens with zero attached hydrogens (tertiary/aromatic N) is 2. The van der Waals surface area contributed by atoms with E-state index in [1.807, 2.05) is 0 Å². The minimum atomic E-state index is 0.631. The fourth-order valence-electron chi connectivity index (χ4n) is 2.72. The lowest BCUT2D eigenvalue weighted by Gasteiger charge is -2.28. The van der Waals surface area contributed by atoms with E-state index in [0.29, 0.717) is 5.41 Å². The molecule has 0 spiro atoms. The Morgan fingerprint density at radius 1 is 1.47 bits per heavy atom. The molecule has 2 nitrogen and oxygen atoms in total. The second-order valence-corrected chi connectivity index (χ2v) is 6.17. The van der Waals surface area contributed by atoms with E-state index >= 15 is 0 Å². The van der Waals surface area contributed by atoms with Crippen LogP contribution in [0.1, 0.15) is 25.7 Å². The Balaban J connectivity index is 1.74. The Bertz CT molecular complexity index is 216. The van der Waals surface area contributed by atoms with Crippen LogP contribution in [-0.4, -0.2) is 54.9 Å². The first-order chi connectivity index (χ1) is 7.15. The van der Waals surface area contributed by atoms with Crippen LogP contribution < -0.4 is 0 Å². The summed E-state index contributed by atoms with van der Waals surface area (Å²) < 4.78 is 0. The Kier molecular flexibility index (Phi) is 3.74. The molecule has 1 atom stereocenters. The molecule has 2 fully saturated rings. The molecule has 0 radical (unpaired) electrons. The fraction of sp³-hybridized carbons (Fsp3) is 1.00. The maximum absolute atomic E-state index is 3.65. The van der Waals surface area contributed by atoms with Gasteiger partial charge in [0.15, 0.2) is 0 Å². The highest BCUT2D eigenvalue weighted by Crippen LogP contribution is 2.47. The smallest absolute Gasteiger partial charge is 0.0220 e. The van der Waals surface area contributed by atoms with Crippen molar-refractivity contribution in [1.82, 2.24) is 9.80 Å². The Hall–Kier alpha value is 0.400. The monoisotopic (exact) mass is 274 g/mol. The number of alkyl halides is 1. The number of halogens is 1. The molecular formula is C12H23BrN2. The van der Waals surface area contributed by atoms with E-state index in [0.717, 1.165) is 6.04 Å². The summed E-state index contributed by atoms with van der Waals surface area (Å²) >= 11 is 3.65. The summed E-state index contributed by atoms with van der Waals surface area (Å²) in [6.45, 7) is 3.83. The van der Waals surface area contributed by atoms with Crippen LogP contribution in [-0.2, 0) is 0 Å². The van der Waals surface area contributed by atoms with Gasteiger partial charge in [0.2, 0.25) is 0 Å². The standard InChI is InChI=1S/C12H23BrN2/c1-14(10-12(9-13)5-6-12)8-11-4-3-7-15(11)2/h11H,3-10H2,1-2H3. The minimum Gasteiger partial charge on any atom is -0.304 e. The molecule has 0 amide bonds. The van der Waals surface area contributed by atoms with Gasteiger partial charge in [0.05, 0.1) is 0 Å². The van der Waals surface area contributed by atoms with Gasteiger partial charge >= 0.3 is 0 Å². The number of hydrogen-bond donors (Lipinski definition) is 0. The molecule has 1 aliphatic carbocycles. The van der Waals surface area contributed by atoms with Crippen LogP contribution in [0.2, 0.25) is 0 Å². The van der Waals surface area contributed by atoms with Gasteiger partial charge in [-0.1, -0.05) is 15.9 Å². The lowest BCUT2D eigenvalue weighted by Crippen LogP contribution is -2.39. The van der Waals surface area contributed by atoms with Crippen molar-refractivity contribution in [3.63, 3.8) is 0 Å². The van der Waals surface area contributed by atoms with Gasteiger partial charge in [0.25, 0.3) is 0 Å². The summed E-state index contributed by atoms with van der Waals surface area (Å²) in [5, 5.41) is 1.19. The number of rotatable bonds is 5. The highest BCUT2D eigenvalue weighted by atomic mass is 79.9. The van der Waals surface area contributed by atoms with E-state index < -0.39 is 0 Å². The van der Waals surface area contributed by atoms with E-state index in [9.17, 15) is 0 Å². The highest BCUT2D eigenvalue weighted by Gasteiger charge is 2.42. The van der Waals surface area contributed by atoms with Crippen LogP contribution in [0.5, 0.6) is 0 Å². The molecule has 3 heteroatoms. The normalized spacial score (nSPS) is 30.0. The van der Waals surface area contributed by atoms with Crippen molar-refractivity contribution in [2.45, 2.75) is 31.7 Å². The Morgan fingerprint density at radius 3 is 2.67 bits per heavy atom. The quantitative estimate of drug-likeness (QED) is 0.710. The van der Waals surface area contributed by atoms with Crippen molar-refractivity contribution in [1.29, 1.82) is 0 Å². The van der Waals surface area contributed by atoms with E-state index in [2.05, 4.69) is 39.8 Å². The van der Waals surface area contributed by atoms with Crippen LogP contribution in [0.4, 0.5) is 0 Å². The predicted molar refractivity (Wildman–Crippen MR) is 68.6 cm³/mol. The molecule has 0 aromatic heterocycles. The fourth-order valence-corrected chi connectivity index (χ4v) is 3.46. The van der Waals surface area contributed by atoms with E-state index in [1.54, 1.807) is 0 Å². The van der Waals surface area contributed by atoms with Crippen molar-refractivity contribution >= 4 is 15.9 Å². The molecule has 2 aliphatic rings. The van der Waals surface area contributed by atoms with Crippen LogP contribution in [0.15, 0.2) is 0 Å². The van der Waals surface area contributed by atoms with Gasteiger partial charge in [-0.25, -0.2) is 0 Å². The van der Waals surface area contributed by atoms with Crippen LogP contribution in [0.3, 0.4) is 0 Å². The minimum absolute atomic E-state index is 0.631. The van der Waals surface area contributed by atoms with E-state index in [-0.39, 0.29) is 0 Å². The summed E-state index contributed by atoms with van der Waals surface area (Å²) in [4.78, 5) is 5.06. The van der Waals surface area contributed by atoms with Gasteiger partial charge in [-0.2, -0.15) is 0 Å². The maximum atomic E-state index is 3.65. The molecule has 1 aliphatic heterocycles. The van der Waals surface area contributed by atoms with Gasteiger partial charge in [0, 0.05) is 24.5 Å². The lowest BCUT2D eigenvalue weighted by atomic mass is 10.1. The highest BCUT2D eigenvalue weighted by molar-refractivity contribution is 9.09. The molecule has 0 aromatic rings. The maximum Gasteiger partial charge on any atom is 0.0220 e. The first-order valence-corrected chi connectivity index (χ1v) is 7.22. The van der Waals surface area contributed by atoms with E-state index in [1.165, 1.54) is 50.6 Å². The average molecular weight is 275 g/mol. The first kappa shape index (κ1) is 11.9. The third kappa shape index (κ3) is 2.95. The summed E-state index contributed by atoms with van der Waals surface area (Å²) in [6.07, 6.45) is 5.62. The second-order valence-electron chi connectivity index (χ2n) is 5.61. The number of likely N-dealkylation sites (tertiary alicyclic amines) is 1. The molecule has 2 rings (SSSR count). The largest absolute Gasteiger partial charge is 0.304 e. The van der Waals surface area contributed by atoms with Gasteiger partial charge in [-0.3, -0.25) is 0 Å². The number of likely N-dealkylation sites (N-methyl/N-ethyl adjacent to an activating group) is 2. The van der Waals surface area contributed by atoms with Gasteiger partial charge in [0.1, 0.15) is 0 Å². The summed E-state index contributed by atoms with van der Waals surface area (Å²) in [7, 11) is 4.55. The van der Waals surface area contributed by atoms with Crippen molar-refractivity contribution in [2.75, 3.05) is 39.1 Å².